The van der Waals surface area contributed by atoms with Gasteiger partial charge in [0.05, 0.1) is 6.61 Å². The number of rotatable bonds is 6. The Morgan fingerprint density at radius 3 is 2.24 bits per heavy atom. The van der Waals surface area contributed by atoms with Gasteiger partial charge in [0.25, 0.3) is 0 Å². The quantitative estimate of drug-likeness (QED) is 0.792. The topological polar surface area (TPSA) is 41.5 Å². The van der Waals surface area contributed by atoms with Crippen LogP contribution < -0.4 is 0 Å². The molecule has 3 heterocycles. The van der Waals surface area contributed by atoms with Gasteiger partial charge >= 0.3 is 0 Å². The molecule has 0 saturated carbocycles. The first-order chi connectivity index (χ1) is 12.2. The first-order valence-corrected chi connectivity index (χ1v) is 9.94. The van der Waals surface area contributed by atoms with Crippen LogP contribution in [-0.4, -0.2) is 72.3 Å². The lowest BCUT2D eigenvalue weighted by Gasteiger charge is -2.41. The number of piperidine rings is 2. The molecule has 0 aliphatic carbocycles. The van der Waals surface area contributed by atoms with Crippen LogP contribution in [0.3, 0.4) is 0 Å². The fraction of sp³-hybridized carbons (Fsp3) is 0.800. The van der Waals surface area contributed by atoms with Crippen molar-refractivity contribution in [3.8, 4) is 0 Å². The molecule has 0 radical (unpaired) electrons. The van der Waals surface area contributed by atoms with E-state index in [1.165, 1.54) is 57.4 Å². The van der Waals surface area contributed by atoms with Crippen LogP contribution in [0.25, 0.3) is 0 Å². The molecule has 5 nitrogen and oxygen atoms in total. The van der Waals surface area contributed by atoms with Gasteiger partial charge in [-0.05, 0) is 63.3 Å². The maximum Gasteiger partial charge on any atom is 0.130 e. The molecule has 3 rings (SSSR count). The molecule has 1 aromatic heterocycles. The molecule has 0 spiro atoms. The molecule has 2 saturated heterocycles. The molecule has 0 amide bonds. The maximum absolute atomic E-state index is 5.20. The van der Waals surface area contributed by atoms with E-state index in [0.29, 0.717) is 11.8 Å². The zero-order chi connectivity index (χ0) is 17.6. The smallest absolute Gasteiger partial charge is 0.130 e. The third-order valence-electron chi connectivity index (χ3n) is 5.89. The van der Waals surface area contributed by atoms with Gasteiger partial charge in [-0.25, -0.2) is 9.97 Å². The summed E-state index contributed by atoms with van der Waals surface area (Å²) in [5.74, 6) is 2.01. The molecule has 0 bridgehead atoms. The van der Waals surface area contributed by atoms with Crippen LogP contribution in [0.2, 0.25) is 0 Å². The minimum atomic E-state index is 0.408. The maximum atomic E-state index is 5.20. The molecule has 0 atom stereocenters. The van der Waals surface area contributed by atoms with Crippen molar-refractivity contribution in [1.29, 1.82) is 0 Å². The second-order valence-corrected chi connectivity index (χ2v) is 7.91. The van der Waals surface area contributed by atoms with Crippen LogP contribution in [0.15, 0.2) is 12.4 Å². The van der Waals surface area contributed by atoms with E-state index in [1.54, 1.807) is 7.11 Å². The van der Waals surface area contributed by atoms with Gasteiger partial charge in [0.2, 0.25) is 0 Å². The predicted octanol–water partition coefficient (Wildman–Crippen LogP) is 2.89. The fourth-order valence-electron chi connectivity index (χ4n) is 4.18. The third-order valence-corrected chi connectivity index (χ3v) is 5.89. The summed E-state index contributed by atoms with van der Waals surface area (Å²) in [6, 6.07) is 0.777. The Balaban J connectivity index is 1.44. The second-order valence-electron chi connectivity index (χ2n) is 7.91. The van der Waals surface area contributed by atoms with Crippen molar-refractivity contribution >= 4 is 0 Å². The first kappa shape index (κ1) is 18.7. The largest absolute Gasteiger partial charge is 0.383 e. The van der Waals surface area contributed by atoms with Crippen molar-refractivity contribution in [3.63, 3.8) is 0 Å². The lowest BCUT2D eigenvalue weighted by molar-refractivity contribution is 0.0728. The Hall–Kier alpha value is -1.04. The van der Waals surface area contributed by atoms with Gasteiger partial charge < -0.3 is 14.5 Å². The van der Waals surface area contributed by atoms with Gasteiger partial charge in [-0.2, -0.15) is 0 Å². The molecular weight excluding hydrogens is 312 g/mol. The van der Waals surface area contributed by atoms with Crippen LogP contribution >= 0.6 is 0 Å². The minimum absolute atomic E-state index is 0.408. The molecule has 2 aliphatic heterocycles. The minimum Gasteiger partial charge on any atom is -0.383 e. The third kappa shape index (κ3) is 4.99. The number of ether oxygens (including phenoxy) is 1. The van der Waals surface area contributed by atoms with Gasteiger partial charge in [-0.1, -0.05) is 13.8 Å². The monoisotopic (exact) mass is 346 g/mol. The highest BCUT2D eigenvalue weighted by Crippen LogP contribution is 2.30. The van der Waals surface area contributed by atoms with Gasteiger partial charge in [0.15, 0.2) is 0 Å². The van der Waals surface area contributed by atoms with Gasteiger partial charge in [0.1, 0.15) is 5.82 Å². The summed E-state index contributed by atoms with van der Waals surface area (Å²) >= 11 is 0. The lowest BCUT2D eigenvalue weighted by Crippen LogP contribution is -2.48. The Morgan fingerprint density at radius 1 is 1.04 bits per heavy atom. The number of hydrogen-bond acceptors (Lipinski definition) is 5. The molecular formula is C20H34N4O. The number of aromatic nitrogens is 2. The summed E-state index contributed by atoms with van der Waals surface area (Å²) in [5, 5.41) is 0. The lowest BCUT2D eigenvalue weighted by atomic mass is 9.89. The molecule has 5 heteroatoms. The number of methoxy groups -OCH3 is 1. The summed E-state index contributed by atoms with van der Waals surface area (Å²) in [5.41, 5.74) is 1.33. The van der Waals surface area contributed by atoms with Crippen molar-refractivity contribution in [2.45, 2.75) is 57.4 Å². The zero-order valence-corrected chi connectivity index (χ0v) is 16.2. The highest BCUT2D eigenvalue weighted by Gasteiger charge is 2.28. The Bertz CT molecular complexity index is 503. The van der Waals surface area contributed by atoms with E-state index in [9.17, 15) is 0 Å². The van der Waals surface area contributed by atoms with Crippen molar-refractivity contribution < 1.29 is 4.74 Å². The van der Waals surface area contributed by atoms with E-state index in [4.69, 9.17) is 4.74 Å². The van der Waals surface area contributed by atoms with Crippen LogP contribution in [0, 0.1) is 0 Å². The summed E-state index contributed by atoms with van der Waals surface area (Å²) in [6.07, 6.45) is 9.23. The number of hydrogen-bond donors (Lipinski definition) is 0. The van der Waals surface area contributed by atoms with E-state index < -0.39 is 0 Å². The zero-order valence-electron chi connectivity index (χ0n) is 16.2. The molecule has 140 valence electrons. The summed E-state index contributed by atoms with van der Waals surface area (Å²) in [6.45, 7) is 11.1. The second kappa shape index (κ2) is 9.06. The van der Waals surface area contributed by atoms with Crippen LogP contribution in [-0.2, 0) is 4.74 Å². The number of nitrogens with zero attached hydrogens (tertiary/aromatic N) is 4. The van der Waals surface area contributed by atoms with E-state index >= 15 is 0 Å². The summed E-state index contributed by atoms with van der Waals surface area (Å²) in [7, 11) is 1.79. The molecule has 25 heavy (non-hydrogen) atoms. The highest BCUT2D eigenvalue weighted by molar-refractivity contribution is 5.14. The summed E-state index contributed by atoms with van der Waals surface area (Å²) < 4.78 is 5.20. The van der Waals surface area contributed by atoms with Gasteiger partial charge in [-0.3, -0.25) is 0 Å². The van der Waals surface area contributed by atoms with Crippen molar-refractivity contribution in [2.24, 2.45) is 0 Å². The normalized spacial score (nSPS) is 21.9. The molecule has 1 aromatic rings. The van der Waals surface area contributed by atoms with Gasteiger partial charge in [0, 0.05) is 38.0 Å². The van der Waals surface area contributed by atoms with Crippen LogP contribution in [0.1, 0.15) is 62.8 Å². The van der Waals surface area contributed by atoms with Crippen molar-refractivity contribution in [1.82, 2.24) is 19.8 Å². The van der Waals surface area contributed by atoms with E-state index in [-0.39, 0.29) is 0 Å². The molecule has 0 N–H and O–H groups in total. The highest BCUT2D eigenvalue weighted by atomic mass is 16.5. The average molecular weight is 347 g/mol. The SMILES string of the molecule is COCCN1CCC(N2CCC(c3cnc(C(C)C)nc3)CC2)CC1. The average Bonchev–Trinajstić information content (AvgIpc) is 2.67. The first-order valence-electron chi connectivity index (χ1n) is 9.94. The Kier molecular flexibility index (Phi) is 6.79. The van der Waals surface area contributed by atoms with E-state index in [1.807, 2.05) is 0 Å². The number of likely N-dealkylation sites (tertiary alicyclic amines) is 2. The molecule has 0 unspecified atom stereocenters. The molecule has 2 fully saturated rings. The molecule has 2 aliphatic rings. The van der Waals surface area contributed by atoms with Crippen LogP contribution in [0.5, 0.6) is 0 Å². The van der Waals surface area contributed by atoms with Crippen molar-refractivity contribution in [3.05, 3.63) is 23.8 Å². The fourth-order valence-corrected chi connectivity index (χ4v) is 4.18. The summed E-state index contributed by atoms with van der Waals surface area (Å²) in [4.78, 5) is 14.4. The standard InChI is InChI=1S/C20H34N4O/c1-16(2)20-21-14-18(15-22-20)17-4-10-24(11-5-17)19-6-8-23(9-7-19)12-13-25-3/h14-17,19H,4-13H2,1-3H3. The van der Waals surface area contributed by atoms with E-state index in [2.05, 4.69) is 46.0 Å². The predicted molar refractivity (Wildman–Crippen MR) is 101 cm³/mol. The van der Waals surface area contributed by atoms with Crippen LogP contribution in [0.4, 0.5) is 0 Å². The molecule has 0 aromatic carbocycles. The Morgan fingerprint density at radius 2 is 1.68 bits per heavy atom. The van der Waals surface area contributed by atoms with Gasteiger partial charge in [-0.15, -0.1) is 0 Å². The van der Waals surface area contributed by atoms with Crippen molar-refractivity contribution in [2.75, 3.05) is 46.4 Å². The van der Waals surface area contributed by atoms with E-state index in [0.717, 1.165) is 25.0 Å². The Labute approximate surface area is 152 Å².